The molecule has 0 radical (unpaired) electrons. The van der Waals surface area contributed by atoms with Gasteiger partial charge in [-0.3, -0.25) is 5.32 Å². The Morgan fingerprint density at radius 1 is 1.33 bits per heavy atom. The Morgan fingerprint density at radius 3 is 2.86 bits per heavy atom. The number of anilines is 1. The van der Waals surface area contributed by atoms with Crippen LogP contribution in [0.1, 0.15) is 0 Å². The van der Waals surface area contributed by atoms with Gasteiger partial charge in [-0.2, -0.15) is 0 Å². The molecule has 1 saturated heterocycles. The number of carbonyl (C=O) groups excluding carboxylic acids is 1. The third-order valence-corrected chi connectivity index (χ3v) is 4.19. The van der Waals surface area contributed by atoms with Gasteiger partial charge in [-0.1, -0.05) is 23.5 Å². The van der Waals surface area contributed by atoms with Gasteiger partial charge in [-0.25, -0.2) is 9.78 Å². The predicted molar refractivity (Wildman–Crippen MR) is 86.8 cm³/mol. The number of urea groups is 1. The minimum atomic E-state index is -0.211. The van der Waals surface area contributed by atoms with E-state index in [1.54, 1.807) is 4.90 Å². The maximum atomic E-state index is 12.0. The van der Waals surface area contributed by atoms with E-state index in [0.29, 0.717) is 31.4 Å². The summed E-state index contributed by atoms with van der Waals surface area (Å²) in [5, 5.41) is 6.54. The minimum absolute atomic E-state index is 0.211. The van der Waals surface area contributed by atoms with Gasteiger partial charge in [0.05, 0.1) is 23.4 Å². The van der Waals surface area contributed by atoms with E-state index in [9.17, 15) is 4.79 Å². The fourth-order valence-corrected chi connectivity index (χ4v) is 3.12. The third kappa shape index (κ3) is 3.46. The van der Waals surface area contributed by atoms with Gasteiger partial charge in [0.2, 0.25) is 0 Å². The van der Waals surface area contributed by atoms with Gasteiger partial charge in [0.25, 0.3) is 0 Å². The Labute approximate surface area is 131 Å². The molecule has 1 aromatic heterocycles. The number of carbonyl (C=O) groups is 1. The number of benzene rings is 1. The van der Waals surface area contributed by atoms with Crippen molar-refractivity contribution in [3.05, 3.63) is 24.3 Å². The van der Waals surface area contributed by atoms with Crippen LogP contribution in [0.5, 0.6) is 0 Å². The molecule has 2 heterocycles. The highest BCUT2D eigenvalue weighted by atomic mass is 32.1. The number of fused-ring (bicyclic) bond motifs is 1. The van der Waals surface area contributed by atoms with Gasteiger partial charge >= 0.3 is 6.03 Å². The van der Waals surface area contributed by atoms with E-state index in [0.717, 1.165) is 10.2 Å². The Bertz CT molecular complexity index is 634. The summed E-state index contributed by atoms with van der Waals surface area (Å²) in [6.45, 7) is 2.28. The van der Waals surface area contributed by atoms with Crippen molar-refractivity contribution >= 4 is 50.0 Å². The average molecular weight is 322 g/mol. The molecule has 3 rings (SSSR count). The molecule has 8 heteroatoms. The van der Waals surface area contributed by atoms with Crippen molar-refractivity contribution in [2.75, 3.05) is 31.6 Å². The van der Waals surface area contributed by atoms with Crippen LogP contribution in [0, 0.1) is 0 Å². The summed E-state index contributed by atoms with van der Waals surface area (Å²) >= 11 is 6.65. The summed E-state index contributed by atoms with van der Waals surface area (Å²) < 4.78 is 6.28. The summed E-state index contributed by atoms with van der Waals surface area (Å²) in [7, 11) is 0. The van der Waals surface area contributed by atoms with Crippen LogP contribution in [-0.4, -0.2) is 47.3 Å². The largest absolute Gasteiger partial charge is 0.378 e. The second kappa shape index (κ2) is 6.33. The van der Waals surface area contributed by atoms with Crippen molar-refractivity contribution in [2.24, 2.45) is 0 Å². The lowest BCUT2D eigenvalue weighted by Gasteiger charge is -2.26. The Hall–Kier alpha value is -1.77. The zero-order valence-corrected chi connectivity index (χ0v) is 12.8. The maximum Gasteiger partial charge on any atom is 0.323 e. The van der Waals surface area contributed by atoms with Gasteiger partial charge in [0.15, 0.2) is 10.2 Å². The summed E-state index contributed by atoms with van der Waals surface area (Å²) in [5.41, 5.74) is 0.910. The quantitative estimate of drug-likeness (QED) is 0.787. The van der Waals surface area contributed by atoms with Crippen LogP contribution in [0.2, 0.25) is 0 Å². The van der Waals surface area contributed by atoms with Crippen LogP contribution in [0.3, 0.4) is 0 Å². The summed E-state index contributed by atoms with van der Waals surface area (Å²) in [6.07, 6.45) is 0. The molecule has 2 N–H and O–H groups in total. The van der Waals surface area contributed by atoms with Crippen molar-refractivity contribution in [3.63, 3.8) is 0 Å². The second-order valence-electron chi connectivity index (χ2n) is 4.47. The number of thiazole rings is 1. The van der Waals surface area contributed by atoms with Crippen LogP contribution in [0.15, 0.2) is 24.3 Å². The molecular weight excluding hydrogens is 308 g/mol. The first-order chi connectivity index (χ1) is 10.2. The third-order valence-electron chi connectivity index (χ3n) is 3.03. The van der Waals surface area contributed by atoms with Gasteiger partial charge in [-0.05, 0) is 24.4 Å². The Morgan fingerprint density at radius 2 is 2.10 bits per heavy atom. The lowest BCUT2D eigenvalue weighted by Crippen LogP contribution is -2.48. The first kappa shape index (κ1) is 14.2. The van der Waals surface area contributed by atoms with Crippen LogP contribution >= 0.6 is 23.6 Å². The zero-order valence-electron chi connectivity index (χ0n) is 11.2. The molecule has 0 bridgehead atoms. The zero-order chi connectivity index (χ0) is 14.7. The molecule has 1 fully saturated rings. The molecule has 1 aliphatic heterocycles. The number of morpholine rings is 1. The number of nitrogens with zero attached hydrogens (tertiary/aromatic N) is 2. The minimum Gasteiger partial charge on any atom is -0.378 e. The van der Waals surface area contributed by atoms with E-state index >= 15 is 0 Å². The molecule has 1 aliphatic rings. The number of para-hydroxylation sites is 1. The van der Waals surface area contributed by atoms with E-state index in [-0.39, 0.29) is 11.1 Å². The SMILES string of the molecule is O=C(NC(=S)Nc1nc2ccccc2s1)N1CCOCC1. The van der Waals surface area contributed by atoms with Gasteiger partial charge in [-0.15, -0.1) is 0 Å². The van der Waals surface area contributed by atoms with Gasteiger partial charge in [0.1, 0.15) is 0 Å². The molecule has 2 amide bonds. The van der Waals surface area contributed by atoms with Crippen molar-refractivity contribution in [1.29, 1.82) is 0 Å². The van der Waals surface area contributed by atoms with E-state index in [4.69, 9.17) is 17.0 Å². The fraction of sp³-hybridized carbons (Fsp3) is 0.308. The summed E-state index contributed by atoms with van der Waals surface area (Å²) in [4.78, 5) is 18.1. The summed E-state index contributed by atoms with van der Waals surface area (Å²) in [5.74, 6) is 0. The normalized spacial score (nSPS) is 15.0. The van der Waals surface area contributed by atoms with Gasteiger partial charge in [0, 0.05) is 13.1 Å². The molecule has 0 unspecified atom stereocenters. The number of rotatable bonds is 1. The molecule has 6 nitrogen and oxygen atoms in total. The Balaban J connectivity index is 1.59. The van der Waals surface area contributed by atoms with E-state index in [1.165, 1.54) is 11.3 Å². The molecule has 0 saturated carbocycles. The van der Waals surface area contributed by atoms with E-state index < -0.39 is 0 Å². The molecule has 21 heavy (non-hydrogen) atoms. The molecule has 0 atom stereocenters. The number of thiocarbonyl (C=S) groups is 1. The number of ether oxygens (including phenoxy) is 1. The highest BCUT2D eigenvalue weighted by Crippen LogP contribution is 2.25. The van der Waals surface area contributed by atoms with Crippen molar-refractivity contribution in [2.45, 2.75) is 0 Å². The summed E-state index contributed by atoms with van der Waals surface area (Å²) in [6, 6.07) is 7.62. The molecular formula is C13H14N4O2S2. The number of amides is 2. The second-order valence-corrected chi connectivity index (χ2v) is 5.91. The van der Waals surface area contributed by atoms with Crippen molar-refractivity contribution < 1.29 is 9.53 Å². The Kier molecular flexibility index (Phi) is 4.28. The average Bonchev–Trinajstić information content (AvgIpc) is 2.90. The standard InChI is InChI=1S/C13H14N4O2S2/c18-13(17-5-7-19-8-6-17)16-11(20)15-12-14-9-3-1-2-4-10(9)21-12/h1-4H,5-8H2,(H2,14,15,16,18,20). The lowest BCUT2D eigenvalue weighted by molar-refractivity contribution is 0.0543. The number of hydrogen-bond donors (Lipinski definition) is 2. The van der Waals surface area contributed by atoms with Crippen LogP contribution in [0.4, 0.5) is 9.93 Å². The molecule has 2 aromatic rings. The first-order valence-electron chi connectivity index (χ1n) is 6.52. The van der Waals surface area contributed by atoms with Crippen LogP contribution in [-0.2, 0) is 4.74 Å². The predicted octanol–water partition coefficient (Wildman–Crippen LogP) is 2.03. The van der Waals surface area contributed by atoms with E-state index in [1.807, 2.05) is 24.3 Å². The van der Waals surface area contributed by atoms with E-state index in [2.05, 4.69) is 15.6 Å². The topological polar surface area (TPSA) is 66.5 Å². The molecule has 0 aliphatic carbocycles. The smallest absolute Gasteiger partial charge is 0.323 e. The highest BCUT2D eigenvalue weighted by Gasteiger charge is 2.17. The molecule has 110 valence electrons. The molecule has 1 aromatic carbocycles. The van der Waals surface area contributed by atoms with Crippen molar-refractivity contribution in [1.82, 2.24) is 15.2 Å². The first-order valence-corrected chi connectivity index (χ1v) is 7.75. The molecule has 0 spiro atoms. The highest BCUT2D eigenvalue weighted by molar-refractivity contribution is 7.80. The van der Waals surface area contributed by atoms with Crippen LogP contribution < -0.4 is 10.6 Å². The van der Waals surface area contributed by atoms with Crippen LogP contribution in [0.25, 0.3) is 10.2 Å². The fourth-order valence-electron chi connectivity index (χ4n) is 2.00. The number of aromatic nitrogens is 1. The number of hydrogen-bond acceptors (Lipinski definition) is 5. The maximum absolute atomic E-state index is 12.0. The lowest BCUT2D eigenvalue weighted by atomic mass is 10.3. The number of nitrogens with one attached hydrogen (secondary N) is 2. The van der Waals surface area contributed by atoms with Gasteiger partial charge < -0.3 is 15.0 Å². The van der Waals surface area contributed by atoms with Crippen molar-refractivity contribution in [3.8, 4) is 0 Å². The monoisotopic (exact) mass is 322 g/mol.